The van der Waals surface area contributed by atoms with E-state index >= 15 is 0 Å². The van der Waals surface area contributed by atoms with Gasteiger partial charge in [0.2, 0.25) is 0 Å². The fraction of sp³-hybridized carbons (Fsp3) is 0. The van der Waals surface area contributed by atoms with Gasteiger partial charge in [0.05, 0.1) is 33.8 Å². The van der Waals surface area contributed by atoms with Crippen LogP contribution in [0.25, 0.3) is 65.6 Å². The number of para-hydroxylation sites is 2. The number of aliphatic imine (C=N–C) groups is 2. The molecule has 0 unspecified atom stereocenters. The summed E-state index contributed by atoms with van der Waals surface area (Å²) < 4.78 is 0. The van der Waals surface area contributed by atoms with Crippen LogP contribution in [0.15, 0.2) is 204 Å². The zero-order valence-corrected chi connectivity index (χ0v) is 30.3. The Labute approximate surface area is 323 Å². The van der Waals surface area contributed by atoms with E-state index in [9.17, 15) is 0 Å². The molecule has 10 aromatic rings. The molecule has 0 saturated heterocycles. The average molecular weight is 713 g/mol. The maximum absolute atomic E-state index is 5.55. The van der Waals surface area contributed by atoms with Crippen LogP contribution in [0.2, 0.25) is 0 Å². The Morgan fingerprint density at radius 1 is 0.250 bits per heavy atom. The first kappa shape index (κ1) is 31.9. The Morgan fingerprint density at radius 2 is 0.625 bits per heavy atom. The van der Waals surface area contributed by atoms with Crippen molar-refractivity contribution < 1.29 is 0 Å². The number of benzene rings is 8. The van der Waals surface area contributed by atoms with E-state index in [4.69, 9.17) is 20.0 Å². The van der Waals surface area contributed by atoms with Crippen LogP contribution >= 0.6 is 0 Å². The summed E-state index contributed by atoms with van der Waals surface area (Å²) in [5.74, 6) is 0. The third kappa shape index (κ3) is 5.64. The standard InChI is InChI=1S/C52H32N4/c1-3-13-35-27-39(25-23-33(35)11-1)37-17-9-19-43(29-37)49-51-47(31-41-15-5-7-21-45(41)53-51)56-50(52-48(55-49)32-42-16-6-8-22-46(42)54-52)44-20-10-18-38(30-44)40-26-24-34-12-2-4-14-36(34)28-40/h1-32H/b51-49?,52-50?,55-48?,55-49-,56-47?,56-50-. The number of hydrogen-bond acceptors (Lipinski definition) is 4. The van der Waals surface area contributed by atoms with Gasteiger partial charge in [-0.25, -0.2) is 20.0 Å². The second-order valence-corrected chi connectivity index (χ2v) is 14.3. The summed E-state index contributed by atoms with van der Waals surface area (Å²) in [5, 5.41) is 6.86. The molecule has 4 nitrogen and oxygen atoms in total. The molecule has 3 heterocycles. The molecule has 56 heavy (non-hydrogen) atoms. The highest BCUT2D eigenvalue weighted by atomic mass is 14.9. The van der Waals surface area contributed by atoms with E-state index in [2.05, 4.69) is 170 Å². The molecule has 0 aliphatic carbocycles. The molecule has 2 aromatic heterocycles. The third-order valence-corrected chi connectivity index (χ3v) is 10.8. The minimum Gasteiger partial charge on any atom is -0.244 e. The summed E-state index contributed by atoms with van der Waals surface area (Å²) in [6.45, 7) is 0. The lowest BCUT2D eigenvalue weighted by molar-refractivity contribution is 1.27. The second kappa shape index (κ2) is 13.1. The van der Waals surface area contributed by atoms with Gasteiger partial charge in [0.15, 0.2) is 0 Å². The van der Waals surface area contributed by atoms with Crippen molar-refractivity contribution in [3.8, 4) is 22.3 Å². The van der Waals surface area contributed by atoms with Gasteiger partial charge in [-0.05, 0) is 92.3 Å². The van der Waals surface area contributed by atoms with Crippen molar-refractivity contribution in [2.24, 2.45) is 9.98 Å². The monoisotopic (exact) mass is 712 g/mol. The van der Waals surface area contributed by atoms with Crippen molar-refractivity contribution in [1.29, 1.82) is 0 Å². The molecule has 4 heteroatoms. The van der Waals surface area contributed by atoms with E-state index in [1.807, 2.05) is 24.3 Å². The van der Waals surface area contributed by atoms with E-state index in [0.717, 1.165) is 89.4 Å². The molecule has 1 aliphatic rings. The van der Waals surface area contributed by atoms with Crippen LogP contribution in [-0.2, 0) is 0 Å². The molecule has 11 rings (SSSR count). The van der Waals surface area contributed by atoms with Gasteiger partial charge in [-0.1, -0.05) is 146 Å². The van der Waals surface area contributed by atoms with Gasteiger partial charge >= 0.3 is 0 Å². The number of fused-ring (bicyclic) bond motifs is 6. The molecule has 260 valence electrons. The Morgan fingerprint density at radius 3 is 1.09 bits per heavy atom. The quantitative estimate of drug-likeness (QED) is 0.182. The van der Waals surface area contributed by atoms with Gasteiger partial charge in [0.25, 0.3) is 0 Å². The van der Waals surface area contributed by atoms with E-state index < -0.39 is 0 Å². The molecule has 0 bridgehead atoms. The van der Waals surface area contributed by atoms with Crippen LogP contribution in [0, 0.1) is 0 Å². The maximum Gasteiger partial charge on any atom is 0.116 e. The van der Waals surface area contributed by atoms with Gasteiger partial charge < -0.3 is 0 Å². The number of pyridine rings is 2. The molecule has 0 N–H and O–H groups in total. The number of rotatable bonds is 4. The van der Waals surface area contributed by atoms with E-state index in [-0.39, 0.29) is 0 Å². The van der Waals surface area contributed by atoms with Crippen molar-refractivity contribution in [3.05, 3.63) is 217 Å². The van der Waals surface area contributed by atoms with E-state index in [0.29, 0.717) is 0 Å². The predicted octanol–water partition coefficient (Wildman–Crippen LogP) is 13.1. The molecule has 0 amide bonds. The highest BCUT2D eigenvalue weighted by molar-refractivity contribution is 6.23. The molecule has 0 radical (unpaired) electrons. The van der Waals surface area contributed by atoms with Gasteiger partial charge in [-0.2, -0.15) is 0 Å². The molecule has 0 atom stereocenters. The minimum atomic E-state index is 0.723. The van der Waals surface area contributed by atoms with Crippen molar-refractivity contribution in [2.75, 3.05) is 0 Å². The van der Waals surface area contributed by atoms with Crippen molar-refractivity contribution in [1.82, 2.24) is 9.97 Å². The topological polar surface area (TPSA) is 50.5 Å². The molecule has 1 aliphatic heterocycles. The van der Waals surface area contributed by atoms with Gasteiger partial charge in [0, 0.05) is 21.9 Å². The van der Waals surface area contributed by atoms with Gasteiger partial charge in [-0.3, -0.25) is 0 Å². The predicted molar refractivity (Wildman–Crippen MR) is 233 cm³/mol. The molecule has 8 aromatic carbocycles. The van der Waals surface area contributed by atoms with Crippen molar-refractivity contribution in [2.45, 2.75) is 0 Å². The highest BCUT2D eigenvalue weighted by Gasteiger charge is 2.24. The average Bonchev–Trinajstić information content (AvgIpc) is 3.26. The normalized spacial score (nSPS) is 14.4. The van der Waals surface area contributed by atoms with Gasteiger partial charge in [-0.15, -0.1) is 0 Å². The highest BCUT2D eigenvalue weighted by Crippen LogP contribution is 2.37. The van der Waals surface area contributed by atoms with Crippen LogP contribution in [-0.4, -0.2) is 21.4 Å². The zero-order valence-electron chi connectivity index (χ0n) is 30.3. The summed E-state index contributed by atoms with van der Waals surface area (Å²) >= 11 is 0. The second-order valence-electron chi connectivity index (χ2n) is 14.3. The van der Waals surface area contributed by atoms with Gasteiger partial charge in [0.1, 0.15) is 11.4 Å². The largest absolute Gasteiger partial charge is 0.244 e. The summed E-state index contributed by atoms with van der Waals surface area (Å²) in [4.78, 5) is 21.7. The minimum absolute atomic E-state index is 0.723. The smallest absolute Gasteiger partial charge is 0.116 e. The van der Waals surface area contributed by atoms with Crippen LogP contribution in [0.3, 0.4) is 0 Å². The summed E-state index contributed by atoms with van der Waals surface area (Å²) in [6, 6.07) is 68.1. The van der Waals surface area contributed by atoms with Crippen LogP contribution in [0.5, 0.6) is 0 Å². The summed E-state index contributed by atoms with van der Waals surface area (Å²) in [5.41, 5.74) is 12.6. The number of aromatic nitrogens is 2. The van der Waals surface area contributed by atoms with Crippen LogP contribution < -0.4 is 0 Å². The summed E-state index contributed by atoms with van der Waals surface area (Å²) in [7, 11) is 0. The first-order valence-electron chi connectivity index (χ1n) is 18.9. The Balaban J connectivity index is 1.15. The lowest BCUT2D eigenvalue weighted by Crippen LogP contribution is -2.13. The Kier molecular flexibility index (Phi) is 7.46. The van der Waals surface area contributed by atoms with Crippen molar-refractivity contribution >= 4 is 66.1 Å². The first-order valence-corrected chi connectivity index (χ1v) is 18.9. The fourth-order valence-electron chi connectivity index (χ4n) is 7.91. The number of hydrogen-bond donors (Lipinski definition) is 0. The lowest BCUT2D eigenvalue weighted by Gasteiger charge is -2.19. The molecule has 0 fully saturated rings. The van der Waals surface area contributed by atoms with Crippen LogP contribution in [0.1, 0.15) is 22.5 Å². The molecule has 0 saturated carbocycles. The molecular weight excluding hydrogens is 681 g/mol. The molecule has 0 spiro atoms. The third-order valence-electron chi connectivity index (χ3n) is 10.8. The molecular formula is C52H32N4. The number of nitrogens with zero attached hydrogens (tertiary/aromatic N) is 4. The zero-order chi connectivity index (χ0) is 37.0. The van der Waals surface area contributed by atoms with E-state index in [1.54, 1.807) is 0 Å². The Bertz CT molecular complexity index is 3050. The van der Waals surface area contributed by atoms with E-state index in [1.165, 1.54) is 21.5 Å². The lowest BCUT2D eigenvalue weighted by atomic mass is 9.95. The Hall–Kier alpha value is -7.56. The summed E-state index contributed by atoms with van der Waals surface area (Å²) in [6.07, 6.45) is 0. The van der Waals surface area contributed by atoms with Crippen LogP contribution in [0.4, 0.5) is 11.4 Å². The first-order chi connectivity index (χ1) is 27.7. The maximum atomic E-state index is 5.55. The fourth-order valence-corrected chi connectivity index (χ4v) is 7.91. The van der Waals surface area contributed by atoms with Crippen molar-refractivity contribution in [3.63, 3.8) is 0 Å². The SMILES string of the molecule is c1cc(/C2=N/c3cc4ccccc4nc3/C(c3cccc(-c4ccc5ccccc5c4)c3)=N\c3cc4ccccc4nc32)cc(-c2ccc3ccccc3c2)c1.